The minimum atomic E-state index is -0.360. The van der Waals surface area contributed by atoms with Crippen LogP contribution in [0.15, 0.2) is 41.0 Å². The minimum absolute atomic E-state index is 0.121. The second kappa shape index (κ2) is 7.78. The molecule has 1 unspecified atom stereocenters. The Morgan fingerprint density at radius 3 is 2.57 bits per heavy atom. The Bertz CT molecular complexity index is 637. The topological polar surface area (TPSA) is 71.5 Å². The van der Waals surface area contributed by atoms with Gasteiger partial charge in [-0.2, -0.15) is 0 Å². The zero-order chi connectivity index (χ0) is 16.8. The Morgan fingerprint density at radius 2 is 2.04 bits per heavy atom. The van der Waals surface area contributed by atoms with E-state index in [1.54, 1.807) is 25.3 Å². The summed E-state index contributed by atoms with van der Waals surface area (Å²) in [6.45, 7) is 8.50. The van der Waals surface area contributed by atoms with Crippen LogP contribution in [0.25, 0.3) is 0 Å². The zero-order valence-corrected chi connectivity index (χ0v) is 13.8. The second-order valence-corrected chi connectivity index (χ2v) is 5.39. The molecule has 0 saturated heterocycles. The van der Waals surface area contributed by atoms with Gasteiger partial charge in [-0.1, -0.05) is 13.8 Å². The number of benzene rings is 1. The van der Waals surface area contributed by atoms with Crippen molar-refractivity contribution >= 4 is 11.4 Å². The van der Waals surface area contributed by atoms with Crippen molar-refractivity contribution in [2.45, 2.75) is 26.8 Å². The van der Waals surface area contributed by atoms with Crippen LogP contribution >= 0.6 is 0 Å². The molecule has 1 aromatic carbocycles. The summed E-state index contributed by atoms with van der Waals surface area (Å²) in [5.74, 6) is 0.917. The molecule has 0 amide bonds. The van der Waals surface area contributed by atoms with Crippen molar-refractivity contribution in [3.63, 3.8) is 0 Å². The van der Waals surface area contributed by atoms with E-state index in [0.29, 0.717) is 12.1 Å². The van der Waals surface area contributed by atoms with E-state index in [9.17, 15) is 10.1 Å². The SMILES string of the molecule is CCN(CC)C(CNc1ccc([N+](=O)[O-])c(C)c1)c1ccco1. The van der Waals surface area contributed by atoms with Crippen LogP contribution < -0.4 is 5.32 Å². The second-order valence-electron chi connectivity index (χ2n) is 5.39. The standard InChI is InChI=1S/C17H23N3O3/c1-4-19(5-2)16(17-7-6-10-23-17)12-18-14-8-9-15(20(21)22)13(3)11-14/h6-11,16,18H,4-5,12H2,1-3H3. The van der Waals surface area contributed by atoms with Gasteiger partial charge in [-0.15, -0.1) is 0 Å². The summed E-state index contributed by atoms with van der Waals surface area (Å²) in [5.41, 5.74) is 1.66. The number of nitro groups is 1. The van der Waals surface area contributed by atoms with Crippen molar-refractivity contribution in [1.82, 2.24) is 4.90 Å². The van der Waals surface area contributed by atoms with Crippen LogP contribution in [-0.2, 0) is 0 Å². The molecule has 2 aromatic rings. The fourth-order valence-corrected chi connectivity index (χ4v) is 2.74. The van der Waals surface area contributed by atoms with Gasteiger partial charge >= 0.3 is 0 Å². The fraction of sp³-hybridized carbons (Fsp3) is 0.412. The molecule has 6 nitrogen and oxygen atoms in total. The van der Waals surface area contributed by atoms with Crippen LogP contribution in [0.1, 0.15) is 31.2 Å². The predicted octanol–water partition coefficient (Wildman–Crippen LogP) is 3.99. The van der Waals surface area contributed by atoms with Crippen molar-refractivity contribution in [3.8, 4) is 0 Å². The summed E-state index contributed by atoms with van der Waals surface area (Å²) in [7, 11) is 0. The van der Waals surface area contributed by atoms with Gasteiger partial charge in [0.2, 0.25) is 0 Å². The molecular weight excluding hydrogens is 294 g/mol. The van der Waals surface area contributed by atoms with Crippen LogP contribution in [0.3, 0.4) is 0 Å². The van der Waals surface area contributed by atoms with Crippen LogP contribution in [0.2, 0.25) is 0 Å². The third kappa shape index (κ3) is 4.10. The lowest BCUT2D eigenvalue weighted by Crippen LogP contribution is -2.32. The number of hydrogen-bond acceptors (Lipinski definition) is 5. The first-order chi connectivity index (χ1) is 11.1. The maximum Gasteiger partial charge on any atom is 0.272 e. The lowest BCUT2D eigenvalue weighted by molar-refractivity contribution is -0.385. The first kappa shape index (κ1) is 17.0. The van der Waals surface area contributed by atoms with Gasteiger partial charge in [-0.05, 0) is 44.3 Å². The average molecular weight is 317 g/mol. The fourth-order valence-electron chi connectivity index (χ4n) is 2.74. The number of nitrogens with one attached hydrogen (secondary N) is 1. The molecule has 23 heavy (non-hydrogen) atoms. The van der Waals surface area contributed by atoms with Crippen LogP contribution in [-0.4, -0.2) is 29.5 Å². The summed E-state index contributed by atoms with van der Waals surface area (Å²) in [6.07, 6.45) is 1.68. The molecule has 1 atom stereocenters. The highest BCUT2D eigenvalue weighted by Crippen LogP contribution is 2.24. The van der Waals surface area contributed by atoms with Crippen LogP contribution in [0.5, 0.6) is 0 Å². The van der Waals surface area contributed by atoms with Gasteiger partial charge < -0.3 is 9.73 Å². The van der Waals surface area contributed by atoms with E-state index < -0.39 is 0 Å². The molecule has 0 aliphatic heterocycles. The molecule has 6 heteroatoms. The van der Waals surface area contributed by atoms with E-state index in [4.69, 9.17) is 4.42 Å². The smallest absolute Gasteiger partial charge is 0.272 e. The van der Waals surface area contributed by atoms with E-state index in [2.05, 4.69) is 24.1 Å². The largest absolute Gasteiger partial charge is 0.468 e. The quantitative estimate of drug-likeness (QED) is 0.589. The van der Waals surface area contributed by atoms with E-state index in [-0.39, 0.29) is 16.7 Å². The highest BCUT2D eigenvalue weighted by Gasteiger charge is 2.20. The molecule has 0 spiro atoms. The molecule has 1 heterocycles. The van der Waals surface area contributed by atoms with Gasteiger partial charge in [0.25, 0.3) is 5.69 Å². The molecule has 1 aromatic heterocycles. The number of rotatable bonds is 8. The van der Waals surface area contributed by atoms with E-state index >= 15 is 0 Å². The summed E-state index contributed by atoms with van der Waals surface area (Å²) >= 11 is 0. The third-order valence-electron chi connectivity index (χ3n) is 4.02. The maximum absolute atomic E-state index is 10.9. The molecule has 0 saturated carbocycles. The van der Waals surface area contributed by atoms with E-state index in [1.807, 2.05) is 12.1 Å². The Morgan fingerprint density at radius 1 is 1.30 bits per heavy atom. The molecule has 0 aliphatic carbocycles. The molecule has 0 radical (unpaired) electrons. The third-order valence-corrected chi connectivity index (χ3v) is 4.02. The van der Waals surface area contributed by atoms with Gasteiger partial charge in [-0.3, -0.25) is 15.0 Å². The van der Waals surface area contributed by atoms with Crippen molar-refractivity contribution in [1.29, 1.82) is 0 Å². The summed E-state index contributed by atoms with van der Waals surface area (Å²) in [6, 6.07) is 9.08. The predicted molar refractivity (Wildman–Crippen MR) is 90.7 cm³/mol. The van der Waals surface area contributed by atoms with Crippen molar-refractivity contribution in [3.05, 3.63) is 58.0 Å². The average Bonchev–Trinajstić information content (AvgIpc) is 3.05. The number of likely N-dealkylation sites (N-methyl/N-ethyl adjacent to an activating group) is 1. The summed E-state index contributed by atoms with van der Waals surface area (Å²) < 4.78 is 5.57. The lowest BCUT2D eigenvalue weighted by Gasteiger charge is -2.28. The Balaban J connectivity index is 2.12. The number of aryl methyl sites for hydroxylation is 1. The first-order valence-corrected chi connectivity index (χ1v) is 7.83. The van der Waals surface area contributed by atoms with Gasteiger partial charge in [0.15, 0.2) is 0 Å². The number of furan rings is 1. The maximum atomic E-state index is 10.9. The van der Waals surface area contributed by atoms with Gasteiger partial charge in [0.05, 0.1) is 17.2 Å². The Kier molecular flexibility index (Phi) is 5.76. The van der Waals surface area contributed by atoms with Gasteiger partial charge in [0.1, 0.15) is 5.76 Å². The highest BCUT2D eigenvalue weighted by molar-refractivity contribution is 5.53. The lowest BCUT2D eigenvalue weighted by atomic mass is 10.1. The molecule has 0 aliphatic rings. The Labute approximate surface area is 136 Å². The van der Waals surface area contributed by atoms with Gasteiger partial charge in [-0.25, -0.2) is 0 Å². The monoisotopic (exact) mass is 317 g/mol. The number of nitro benzene ring substituents is 1. The first-order valence-electron chi connectivity index (χ1n) is 7.83. The molecule has 0 fully saturated rings. The van der Waals surface area contributed by atoms with Gasteiger partial charge in [0, 0.05) is 23.9 Å². The molecule has 124 valence electrons. The highest BCUT2D eigenvalue weighted by atomic mass is 16.6. The number of nitrogens with zero attached hydrogens (tertiary/aromatic N) is 2. The number of anilines is 1. The molecule has 0 bridgehead atoms. The normalized spacial score (nSPS) is 12.3. The van der Waals surface area contributed by atoms with Crippen molar-refractivity contribution in [2.24, 2.45) is 0 Å². The van der Waals surface area contributed by atoms with Crippen LogP contribution in [0.4, 0.5) is 11.4 Å². The molecule has 2 rings (SSSR count). The van der Waals surface area contributed by atoms with Crippen molar-refractivity contribution < 1.29 is 9.34 Å². The zero-order valence-electron chi connectivity index (χ0n) is 13.8. The minimum Gasteiger partial charge on any atom is -0.468 e. The summed E-state index contributed by atoms with van der Waals surface area (Å²) in [4.78, 5) is 12.8. The van der Waals surface area contributed by atoms with Crippen molar-refractivity contribution in [2.75, 3.05) is 25.0 Å². The Hall–Kier alpha value is -2.34. The molecular formula is C17H23N3O3. The van der Waals surface area contributed by atoms with E-state index in [1.165, 1.54) is 6.07 Å². The molecule has 1 N–H and O–H groups in total. The summed E-state index contributed by atoms with van der Waals surface area (Å²) in [5, 5.41) is 14.3. The van der Waals surface area contributed by atoms with E-state index in [0.717, 1.165) is 24.5 Å². The number of hydrogen-bond donors (Lipinski definition) is 1. The van der Waals surface area contributed by atoms with Crippen LogP contribution in [0, 0.1) is 17.0 Å².